The van der Waals surface area contributed by atoms with E-state index in [0.717, 1.165) is 11.3 Å². The van der Waals surface area contributed by atoms with Crippen LogP contribution >= 0.6 is 38.9 Å². The SMILES string of the molecule is CC(CNS(=O)(=O)c1cc(Cl)c(Br)s1)S(C)=O. The van der Waals surface area contributed by atoms with Crippen LogP contribution in [0.15, 0.2) is 14.1 Å². The van der Waals surface area contributed by atoms with Gasteiger partial charge in [0, 0.05) is 28.9 Å². The lowest BCUT2D eigenvalue weighted by molar-refractivity contribution is 0.583. The molecule has 17 heavy (non-hydrogen) atoms. The molecule has 4 nitrogen and oxygen atoms in total. The highest BCUT2D eigenvalue weighted by Gasteiger charge is 2.20. The minimum absolute atomic E-state index is 0.137. The molecule has 0 bridgehead atoms. The number of halogens is 2. The second-order valence-corrected chi connectivity index (χ2v) is 9.92. The zero-order chi connectivity index (χ0) is 13.2. The van der Waals surface area contributed by atoms with Crippen LogP contribution in [0.4, 0.5) is 0 Å². The van der Waals surface area contributed by atoms with Crippen molar-refractivity contribution in [1.82, 2.24) is 4.72 Å². The molecule has 0 saturated carbocycles. The van der Waals surface area contributed by atoms with E-state index in [4.69, 9.17) is 11.6 Å². The van der Waals surface area contributed by atoms with E-state index in [-0.39, 0.29) is 16.0 Å². The van der Waals surface area contributed by atoms with Gasteiger partial charge in [-0.15, -0.1) is 11.3 Å². The maximum atomic E-state index is 11.8. The Hall–Kier alpha value is 0.530. The van der Waals surface area contributed by atoms with Crippen LogP contribution in [0, 0.1) is 0 Å². The quantitative estimate of drug-likeness (QED) is 0.852. The number of thiophene rings is 1. The van der Waals surface area contributed by atoms with Crippen LogP contribution in [-0.4, -0.2) is 30.7 Å². The molecule has 0 aliphatic rings. The van der Waals surface area contributed by atoms with Crippen molar-refractivity contribution in [1.29, 1.82) is 0 Å². The Balaban J connectivity index is 2.79. The number of hydrogen-bond acceptors (Lipinski definition) is 4. The van der Waals surface area contributed by atoms with Crippen molar-refractivity contribution < 1.29 is 12.6 Å². The molecular weight excluding hydrogens is 370 g/mol. The minimum atomic E-state index is -3.57. The van der Waals surface area contributed by atoms with Gasteiger partial charge in [0.2, 0.25) is 10.0 Å². The van der Waals surface area contributed by atoms with Crippen LogP contribution in [0.1, 0.15) is 6.92 Å². The monoisotopic (exact) mass is 379 g/mol. The molecule has 0 aromatic carbocycles. The van der Waals surface area contributed by atoms with Gasteiger partial charge in [0.05, 0.1) is 8.81 Å². The van der Waals surface area contributed by atoms with Gasteiger partial charge in [-0.1, -0.05) is 11.6 Å². The van der Waals surface area contributed by atoms with Crippen molar-refractivity contribution in [2.45, 2.75) is 16.4 Å². The molecule has 2 atom stereocenters. The Bertz CT molecular complexity index is 509. The molecule has 2 unspecified atom stereocenters. The lowest BCUT2D eigenvalue weighted by atomic mass is 10.5. The number of sulfonamides is 1. The van der Waals surface area contributed by atoms with Gasteiger partial charge in [-0.05, 0) is 28.9 Å². The zero-order valence-electron chi connectivity index (χ0n) is 9.07. The van der Waals surface area contributed by atoms with Crippen molar-refractivity contribution in [3.8, 4) is 0 Å². The Morgan fingerprint density at radius 1 is 1.65 bits per heavy atom. The largest absolute Gasteiger partial charge is 0.260 e. The lowest BCUT2D eigenvalue weighted by Crippen LogP contribution is -2.32. The van der Waals surface area contributed by atoms with E-state index in [9.17, 15) is 12.6 Å². The van der Waals surface area contributed by atoms with E-state index in [1.807, 2.05) is 0 Å². The first-order valence-corrected chi connectivity index (χ1v) is 9.60. The first kappa shape index (κ1) is 15.6. The summed E-state index contributed by atoms with van der Waals surface area (Å²) in [6.45, 7) is 1.86. The van der Waals surface area contributed by atoms with Crippen molar-refractivity contribution in [3.63, 3.8) is 0 Å². The number of nitrogens with one attached hydrogen (secondary N) is 1. The summed E-state index contributed by atoms with van der Waals surface area (Å²) in [6, 6.07) is 1.38. The second kappa shape index (κ2) is 6.12. The van der Waals surface area contributed by atoms with E-state index < -0.39 is 20.8 Å². The summed E-state index contributed by atoms with van der Waals surface area (Å²) in [5.74, 6) is 0. The second-order valence-electron chi connectivity index (χ2n) is 3.35. The third-order valence-electron chi connectivity index (χ3n) is 2.01. The van der Waals surface area contributed by atoms with E-state index >= 15 is 0 Å². The van der Waals surface area contributed by atoms with Crippen molar-refractivity contribution in [3.05, 3.63) is 14.9 Å². The maximum Gasteiger partial charge on any atom is 0.250 e. The van der Waals surface area contributed by atoms with Gasteiger partial charge in [0.15, 0.2) is 0 Å². The van der Waals surface area contributed by atoms with Crippen molar-refractivity contribution >= 4 is 59.7 Å². The summed E-state index contributed by atoms with van der Waals surface area (Å²) in [5.41, 5.74) is 0. The Morgan fingerprint density at radius 3 is 2.65 bits per heavy atom. The summed E-state index contributed by atoms with van der Waals surface area (Å²) >= 11 is 9.97. The van der Waals surface area contributed by atoms with Gasteiger partial charge in [-0.3, -0.25) is 4.21 Å². The van der Waals surface area contributed by atoms with Crippen molar-refractivity contribution in [2.24, 2.45) is 0 Å². The van der Waals surface area contributed by atoms with Gasteiger partial charge >= 0.3 is 0 Å². The van der Waals surface area contributed by atoms with E-state index in [1.54, 1.807) is 6.92 Å². The van der Waals surface area contributed by atoms with E-state index in [0.29, 0.717) is 8.81 Å². The molecule has 98 valence electrons. The molecule has 0 spiro atoms. The topological polar surface area (TPSA) is 63.2 Å². The molecule has 0 aliphatic heterocycles. The highest BCUT2D eigenvalue weighted by Crippen LogP contribution is 2.34. The van der Waals surface area contributed by atoms with Crippen LogP contribution in [0.25, 0.3) is 0 Å². The smallest absolute Gasteiger partial charge is 0.250 e. The minimum Gasteiger partial charge on any atom is -0.260 e. The van der Waals surface area contributed by atoms with Gasteiger partial charge in [-0.2, -0.15) is 0 Å². The molecule has 0 saturated heterocycles. The standard InChI is InChI=1S/C8H11BrClNO3S3/c1-5(16(2)12)4-11-17(13,14)7-3-6(10)8(9)15-7/h3,5,11H,4H2,1-2H3. The van der Waals surface area contributed by atoms with Gasteiger partial charge in [0.1, 0.15) is 4.21 Å². The molecular formula is C8H11BrClNO3S3. The Morgan fingerprint density at radius 2 is 2.24 bits per heavy atom. The van der Waals surface area contributed by atoms with Crippen LogP contribution in [-0.2, 0) is 20.8 Å². The molecule has 1 aromatic heterocycles. The summed E-state index contributed by atoms with van der Waals surface area (Å²) in [6.07, 6.45) is 1.54. The van der Waals surface area contributed by atoms with Crippen LogP contribution in [0.2, 0.25) is 5.02 Å². The van der Waals surface area contributed by atoms with E-state index in [1.165, 1.54) is 12.3 Å². The molecule has 0 amide bonds. The highest BCUT2D eigenvalue weighted by molar-refractivity contribution is 9.11. The van der Waals surface area contributed by atoms with Gasteiger partial charge in [0.25, 0.3) is 0 Å². The average Bonchev–Trinajstić information content (AvgIpc) is 2.56. The summed E-state index contributed by atoms with van der Waals surface area (Å²) in [5, 5.41) is 0.131. The van der Waals surface area contributed by atoms with Crippen LogP contribution < -0.4 is 4.72 Å². The summed E-state index contributed by atoms with van der Waals surface area (Å²) < 4.78 is 37.9. The first-order chi connectivity index (χ1) is 7.74. The van der Waals surface area contributed by atoms with Crippen LogP contribution in [0.5, 0.6) is 0 Å². The fourth-order valence-corrected chi connectivity index (χ4v) is 4.87. The molecule has 1 heterocycles. The molecule has 1 rings (SSSR count). The molecule has 0 radical (unpaired) electrons. The molecule has 0 fully saturated rings. The molecule has 1 N–H and O–H groups in total. The maximum absolute atomic E-state index is 11.8. The molecule has 9 heteroatoms. The Kier molecular flexibility index (Phi) is 5.61. The predicted octanol–water partition coefficient (Wildman–Crippen LogP) is 2.21. The summed E-state index contributed by atoms with van der Waals surface area (Å²) in [7, 11) is -4.63. The Labute approximate surface area is 120 Å². The lowest BCUT2D eigenvalue weighted by Gasteiger charge is -2.09. The van der Waals surface area contributed by atoms with Gasteiger partial charge in [-0.25, -0.2) is 13.1 Å². The van der Waals surface area contributed by atoms with Crippen LogP contribution in [0.3, 0.4) is 0 Å². The van der Waals surface area contributed by atoms with Crippen molar-refractivity contribution in [2.75, 3.05) is 12.8 Å². The third-order valence-corrected chi connectivity index (χ3v) is 7.69. The average molecular weight is 381 g/mol. The fraction of sp³-hybridized carbons (Fsp3) is 0.500. The first-order valence-electron chi connectivity index (χ1n) is 4.50. The third kappa shape index (κ3) is 4.29. The molecule has 1 aromatic rings. The zero-order valence-corrected chi connectivity index (χ0v) is 13.9. The highest BCUT2D eigenvalue weighted by atomic mass is 79.9. The normalized spacial score (nSPS) is 15.8. The van der Waals surface area contributed by atoms with E-state index in [2.05, 4.69) is 20.7 Å². The fourth-order valence-electron chi connectivity index (χ4n) is 0.875. The number of hydrogen-bond donors (Lipinski definition) is 1. The summed E-state index contributed by atoms with van der Waals surface area (Å²) in [4.78, 5) is 0. The number of rotatable bonds is 5. The van der Waals surface area contributed by atoms with Gasteiger partial charge < -0.3 is 0 Å². The predicted molar refractivity (Wildman–Crippen MR) is 75.7 cm³/mol. The molecule has 0 aliphatic carbocycles.